The van der Waals surface area contributed by atoms with Gasteiger partial charge in [0.15, 0.2) is 17.8 Å². The van der Waals surface area contributed by atoms with Gasteiger partial charge in [-0.2, -0.15) is 0 Å². The highest BCUT2D eigenvalue weighted by Crippen LogP contribution is 2.32. The highest BCUT2D eigenvalue weighted by Gasteiger charge is 2.47. The van der Waals surface area contributed by atoms with Gasteiger partial charge in [-0.1, -0.05) is 18.2 Å². The van der Waals surface area contributed by atoms with Crippen LogP contribution in [0.1, 0.15) is 19.4 Å². The number of benzene rings is 1. The number of phenols is 1. The van der Waals surface area contributed by atoms with Gasteiger partial charge in [0, 0.05) is 0 Å². The minimum absolute atomic E-state index is 0.0115. The zero-order valence-electron chi connectivity index (χ0n) is 17.6. The molecule has 180 valence electrons. The molecule has 0 radical (unpaired) electrons. The number of aromatic hydroxyl groups is 1. The van der Waals surface area contributed by atoms with Gasteiger partial charge in [-0.3, -0.25) is 0 Å². The van der Waals surface area contributed by atoms with Crippen LogP contribution in [0.3, 0.4) is 0 Å². The predicted octanol–water partition coefficient (Wildman–Crippen LogP) is -1.54. The lowest BCUT2D eigenvalue weighted by Crippen LogP contribution is -2.61. The molecule has 10 unspecified atom stereocenters. The molecule has 11 nitrogen and oxygen atoms in total. The Labute approximate surface area is 184 Å². The van der Waals surface area contributed by atoms with Gasteiger partial charge in [-0.05, 0) is 31.5 Å². The van der Waals surface area contributed by atoms with E-state index < -0.39 is 68.0 Å². The molecule has 11 heteroatoms. The van der Waals surface area contributed by atoms with Crippen LogP contribution in [0.25, 0.3) is 6.08 Å². The first-order valence-electron chi connectivity index (χ1n) is 10.3. The van der Waals surface area contributed by atoms with Crippen LogP contribution in [-0.2, 0) is 14.2 Å². The van der Waals surface area contributed by atoms with Gasteiger partial charge < -0.3 is 54.7 Å². The van der Waals surface area contributed by atoms with Crippen molar-refractivity contribution >= 4 is 6.08 Å². The van der Waals surface area contributed by atoms with Crippen molar-refractivity contribution in [2.24, 2.45) is 0 Å². The van der Waals surface area contributed by atoms with E-state index in [4.69, 9.17) is 18.9 Å². The third kappa shape index (κ3) is 5.22. The van der Waals surface area contributed by atoms with Crippen LogP contribution < -0.4 is 4.74 Å². The number of aliphatic hydroxyl groups is 6. The summed E-state index contributed by atoms with van der Waals surface area (Å²) < 4.78 is 21.8. The third-order valence-electron chi connectivity index (χ3n) is 5.49. The van der Waals surface area contributed by atoms with E-state index in [2.05, 4.69) is 0 Å². The highest BCUT2D eigenvalue weighted by molar-refractivity contribution is 5.55. The van der Waals surface area contributed by atoms with E-state index in [0.717, 1.165) is 5.56 Å². The van der Waals surface area contributed by atoms with Crippen LogP contribution in [0.5, 0.6) is 11.5 Å². The Morgan fingerprint density at radius 3 is 2.19 bits per heavy atom. The van der Waals surface area contributed by atoms with Crippen molar-refractivity contribution in [2.75, 3.05) is 6.61 Å². The Morgan fingerprint density at radius 1 is 0.875 bits per heavy atom. The van der Waals surface area contributed by atoms with E-state index in [0.29, 0.717) is 0 Å². The maximum absolute atomic E-state index is 10.3. The van der Waals surface area contributed by atoms with E-state index in [9.17, 15) is 35.7 Å². The van der Waals surface area contributed by atoms with Gasteiger partial charge in [0.05, 0.1) is 12.7 Å². The number of aliphatic hydroxyl groups excluding tert-OH is 6. The fourth-order valence-electron chi connectivity index (χ4n) is 3.55. The van der Waals surface area contributed by atoms with Crippen LogP contribution in [0.15, 0.2) is 24.3 Å². The van der Waals surface area contributed by atoms with Gasteiger partial charge in [0.1, 0.15) is 42.7 Å². The molecule has 0 spiro atoms. The first-order chi connectivity index (χ1) is 15.1. The lowest BCUT2D eigenvalue weighted by atomic mass is 9.98. The lowest BCUT2D eigenvalue weighted by Gasteiger charge is -2.42. The number of rotatable bonds is 6. The number of hydrogen-bond acceptors (Lipinski definition) is 11. The molecule has 2 heterocycles. The molecule has 1 aromatic rings. The lowest BCUT2D eigenvalue weighted by molar-refractivity contribution is -0.318. The SMILES string of the molecule is CC=Cc1ccc(OC2OC(COC3OC(C)C(O)C(O)C3O)C(O)C(O)C2O)c(O)c1. The molecule has 3 rings (SSSR count). The van der Waals surface area contributed by atoms with E-state index in [1.54, 1.807) is 18.2 Å². The second kappa shape index (κ2) is 10.4. The second-order valence-electron chi connectivity index (χ2n) is 7.87. The minimum atomic E-state index is -1.66. The maximum Gasteiger partial charge on any atom is 0.229 e. The summed E-state index contributed by atoms with van der Waals surface area (Å²) in [5, 5.41) is 70.6. The average Bonchev–Trinajstić information content (AvgIpc) is 2.76. The number of phenolic OH excluding ortho intramolecular Hbond substituents is 1. The monoisotopic (exact) mass is 458 g/mol. The average molecular weight is 458 g/mol. The summed E-state index contributed by atoms with van der Waals surface area (Å²) in [6.45, 7) is 2.90. The van der Waals surface area contributed by atoms with Crippen molar-refractivity contribution in [1.82, 2.24) is 0 Å². The maximum atomic E-state index is 10.3. The molecule has 2 aliphatic heterocycles. The molecule has 0 amide bonds. The number of hydrogen-bond donors (Lipinski definition) is 7. The third-order valence-corrected chi connectivity index (χ3v) is 5.49. The van der Waals surface area contributed by atoms with Gasteiger partial charge in [0.2, 0.25) is 6.29 Å². The quantitative estimate of drug-likeness (QED) is 0.263. The Hall–Kier alpha value is -1.80. The van der Waals surface area contributed by atoms with Gasteiger partial charge in [-0.15, -0.1) is 0 Å². The van der Waals surface area contributed by atoms with Crippen LogP contribution in [0.2, 0.25) is 0 Å². The van der Waals surface area contributed by atoms with Gasteiger partial charge in [-0.25, -0.2) is 0 Å². The summed E-state index contributed by atoms with van der Waals surface area (Å²) in [5.74, 6) is -0.229. The van der Waals surface area contributed by atoms with Crippen molar-refractivity contribution in [2.45, 2.75) is 75.3 Å². The first kappa shape index (κ1) is 24.8. The van der Waals surface area contributed by atoms with E-state index in [-0.39, 0.29) is 11.5 Å². The molecule has 0 bridgehead atoms. The summed E-state index contributed by atoms with van der Waals surface area (Å²) in [6.07, 6.45) is -10.5. The summed E-state index contributed by atoms with van der Waals surface area (Å²) in [6, 6.07) is 4.57. The van der Waals surface area contributed by atoms with Gasteiger partial charge in [0.25, 0.3) is 0 Å². The van der Waals surface area contributed by atoms with Gasteiger partial charge >= 0.3 is 0 Å². The molecule has 7 N–H and O–H groups in total. The summed E-state index contributed by atoms with van der Waals surface area (Å²) in [5.41, 5.74) is 0.719. The molecule has 0 saturated carbocycles. The van der Waals surface area contributed by atoms with Crippen molar-refractivity contribution < 1.29 is 54.7 Å². The molecular weight excluding hydrogens is 428 g/mol. The molecule has 2 saturated heterocycles. The number of allylic oxidation sites excluding steroid dienone is 1. The fraction of sp³-hybridized carbons (Fsp3) is 0.619. The molecule has 32 heavy (non-hydrogen) atoms. The zero-order chi connectivity index (χ0) is 23.6. The summed E-state index contributed by atoms with van der Waals surface area (Å²) in [7, 11) is 0. The van der Waals surface area contributed by atoms with Crippen LogP contribution in [0, 0.1) is 0 Å². The van der Waals surface area contributed by atoms with Crippen molar-refractivity contribution in [1.29, 1.82) is 0 Å². The molecular formula is C21H30O11. The minimum Gasteiger partial charge on any atom is -0.504 e. The highest BCUT2D eigenvalue weighted by atomic mass is 16.7. The van der Waals surface area contributed by atoms with Crippen LogP contribution in [0.4, 0.5) is 0 Å². The number of ether oxygens (including phenoxy) is 4. The normalized spacial score (nSPS) is 40.5. The Kier molecular flexibility index (Phi) is 8.09. The first-order valence-corrected chi connectivity index (χ1v) is 10.3. The topological polar surface area (TPSA) is 179 Å². The van der Waals surface area contributed by atoms with Crippen LogP contribution >= 0.6 is 0 Å². The van der Waals surface area contributed by atoms with E-state index in [1.807, 2.05) is 6.92 Å². The summed E-state index contributed by atoms with van der Waals surface area (Å²) >= 11 is 0. The molecule has 0 aromatic heterocycles. The smallest absolute Gasteiger partial charge is 0.229 e. The predicted molar refractivity (Wildman–Crippen MR) is 108 cm³/mol. The Balaban J connectivity index is 1.66. The van der Waals surface area contributed by atoms with Crippen molar-refractivity contribution in [3.8, 4) is 11.5 Å². The molecule has 0 aliphatic carbocycles. The van der Waals surface area contributed by atoms with Crippen LogP contribution in [-0.4, -0.2) is 104 Å². The molecule has 2 fully saturated rings. The van der Waals surface area contributed by atoms with Crippen molar-refractivity contribution in [3.05, 3.63) is 29.8 Å². The fourth-order valence-corrected chi connectivity index (χ4v) is 3.55. The standard InChI is InChI=1S/C21H30O11/c1-3-4-10-5-6-12(11(22)7-10)31-21-19(28)17(26)15(24)13(32-21)8-29-20-18(27)16(25)14(23)9(2)30-20/h3-7,9,13-28H,8H2,1-2H3. The largest absolute Gasteiger partial charge is 0.504 e. The van der Waals surface area contributed by atoms with E-state index in [1.165, 1.54) is 19.1 Å². The van der Waals surface area contributed by atoms with E-state index >= 15 is 0 Å². The summed E-state index contributed by atoms with van der Waals surface area (Å²) in [4.78, 5) is 0. The Bertz CT molecular complexity index is 787. The second-order valence-corrected chi connectivity index (χ2v) is 7.87. The molecule has 1 aromatic carbocycles. The Morgan fingerprint density at radius 2 is 1.53 bits per heavy atom. The zero-order valence-corrected chi connectivity index (χ0v) is 17.6. The van der Waals surface area contributed by atoms with Crippen molar-refractivity contribution in [3.63, 3.8) is 0 Å². The molecule has 10 atom stereocenters. The molecule has 2 aliphatic rings.